The SMILES string of the molecule is CNC(=O)[C@@H](C)OC(=O)c1ccc(CS(C)(=O)=O)cc1. The predicted octanol–water partition coefficient (Wildman–Crippen LogP) is 0.522. The lowest BCUT2D eigenvalue weighted by Gasteiger charge is -2.11. The van der Waals surface area contributed by atoms with Crippen LogP contribution in [0.5, 0.6) is 0 Å². The monoisotopic (exact) mass is 299 g/mol. The lowest BCUT2D eigenvalue weighted by atomic mass is 10.1. The van der Waals surface area contributed by atoms with Crippen LogP contribution in [-0.4, -0.2) is 39.7 Å². The van der Waals surface area contributed by atoms with Gasteiger partial charge in [-0.2, -0.15) is 0 Å². The zero-order chi connectivity index (χ0) is 15.3. The van der Waals surface area contributed by atoms with Crippen LogP contribution in [0.2, 0.25) is 0 Å². The molecule has 0 aromatic heterocycles. The highest BCUT2D eigenvalue weighted by Gasteiger charge is 2.17. The average molecular weight is 299 g/mol. The molecule has 0 aliphatic heterocycles. The molecule has 0 radical (unpaired) electrons. The lowest BCUT2D eigenvalue weighted by Crippen LogP contribution is -2.33. The van der Waals surface area contributed by atoms with E-state index >= 15 is 0 Å². The van der Waals surface area contributed by atoms with Crippen molar-refractivity contribution >= 4 is 21.7 Å². The quantitative estimate of drug-likeness (QED) is 0.801. The molecule has 0 saturated heterocycles. The number of amides is 1. The van der Waals surface area contributed by atoms with Crippen molar-refractivity contribution in [3.05, 3.63) is 35.4 Å². The summed E-state index contributed by atoms with van der Waals surface area (Å²) in [6, 6.07) is 6.03. The Bertz CT molecular complexity index is 592. The summed E-state index contributed by atoms with van der Waals surface area (Å²) in [7, 11) is -1.66. The molecule has 0 spiro atoms. The first-order chi connectivity index (χ1) is 9.23. The largest absolute Gasteiger partial charge is 0.449 e. The van der Waals surface area contributed by atoms with Crippen LogP contribution in [0.3, 0.4) is 0 Å². The maximum Gasteiger partial charge on any atom is 0.338 e. The number of nitrogens with one attached hydrogen (secondary N) is 1. The molecule has 0 aliphatic rings. The third kappa shape index (κ3) is 5.00. The smallest absolute Gasteiger partial charge is 0.338 e. The van der Waals surface area contributed by atoms with Crippen molar-refractivity contribution in [3.8, 4) is 0 Å². The number of carbonyl (C=O) groups is 2. The van der Waals surface area contributed by atoms with Gasteiger partial charge in [-0.1, -0.05) is 12.1 Å². The van der Waals surface area contributed by atoms with Gasteiger partial charge in [0.05, 0.1) is 11.3 Å². The third-order valence-electron chi connectivity index (χ3n) is 2.52. The van der Waals surface area contributed by atoms with Crippen LogP contribution in [0.1, 0.15) is 22.8 Å². The van der Waals surface area contributed by atoms with Gasteiger partial charge >= 0.3 is 5.97 Å². The van der Waals surface area contributed by atoms with Gasteiger partial charge in [-0.15, -0.1) is 0 Å². The number of hydrogen-bond donors (Lipinski definition) is 1. The Kier molecular flexibility index (Phi) is 5.26. The Morgan fingerprint density at radius 3 is 2.25 bits per heavy atom. The summed E-state index contributed by atoms with van der Waals surface area (Å²) in [4.78, 5) is 23.0. The van der Waals surface area contributed by atoms with Crippen molar-refractivity contribution in [2.24, 2.45) is 0 Å². The highest BCUT2D eigenvalue weighted by atomic mass is 32.2. The number of benzene rings is 1. The molecule has 6 nitrogen and oxygen atoms in total. The van der Waals surface area contributed by atoms with Crippen molar-refractivity contribution in [2.45, 2.75) is 18.8 Å². The Morgan fingerprint density at radius 2 is 1.80 bits per heavy atom. The van der Waals surface area contributed by atoms with Gasteiger partial charge in [0.25, 0.3) is 5.91 Å². The van der Waals surface area contributed by atoms with E-state index in [0.29, 0.717) is 5.56 Å². The Hall–Kier alpha value is -1.89. The summed E-state index contributed by atoms with van der Waals surface area (Å²) in [6.45, 7) is 1.47. The average Bonchev–Trinajstić information content (AvgIpc) is 2.36. The van der Waals surface area contributed by atoms with Crippen LogP contribution in [0.15, 0.2) is 24.3 Å². The van der Waals surface area contributed by atoms with E-state index in [1.807, 2.05) is 0 Å². The number of rotatable bonds is 5. The number of sulfone groups is 1. The molecule has 1 rings (SSSR count). The minimum atomic E-state index is -3.11. The normalized spacial score (nSPS) is 12.6. The summed E-state index contributed by atoms with van der Waals surface area (Å²) < 4.78 is 27.2. The first-order valence-electron chi connectivity index (χ1n) is 5.92. The molecule has 1 amide bonds. The van der Waals surface area contributed by atoms with Crippen LogP contribution in [0.4, 0.5) is 0 Å². The third-order valence-corrected chi connectivity index (χ3v) is 3.38. The van der Waals surface area contributed by atoms with E-state index in [0.717, 1.165) is 6.26 Å². The Morgan fingerprint density at radius 1 is 1.25 bits per heavy atom. The predicted molar refractivity (Wildman–Crippen MR) is 73.9 cm³/mol. The summed E-state index contributed by atoms with van der Waals surface area (Å²) in [5, 5.41) is 2.37. The molecule has 0 aliphatic carbocycles. The van der Waals surface area contributed by atoms with Gasteiger partial charge in [0.1, 0.15) is 0 Å². The van der Waals surface area contributed by atoms with Crippen molar-refractivity contribution in [3.63, 3.8) is 0 Å². The molecule has 0 bridgehead atoms. The molecule has 7 heteroatoms. The number of hydrogen-bond acceptors (Lipinski definition) is 5. The molecule has 1 aromatic rings. The van der Waals surface area contributed by atoms with Crippen LogP contribution in [-0.2, 0) is 25.1 Å². The molecule has 0 unspecified atom stereocenters. The molecule has 0 fully saturated rings. The summed E-state index contributed by atoms with van der Waals surface area (Å²) in [6.07, 6.45) is 0.253. The van der Waals surface area contributed by atoms with E-state index in [-0.39, 0.29) is 11.3 Å². The van der Waals surface area contributed by atoms with E-state index in [9.17, 15) is 18.0 Å². The van der Waals surface area contributed by atoms with Crippen LogP contribution < -0.4 is 5.32 Å². The maximum absolute atomic E-state index is 11.8. The molecule has 1 atom stereocenters. The summed E-state index contributed by atoms with van der Waals surface area (Å²) in [5.74, 6) is -1.11. The second-order valence-corrected chi connectivity index (χ2v) is 6.57. The molecular weight excluding hydrogens is 282 g/mol. The molecule has 20 heavy (non-hydrogen) atoms. The van der Waals surface area contributed by atoms with Crippen LogP contribution in [0, 0.1) is 0 Å². The fourth-order valence-corrected chi connectivity index (χ4v) is 2.32. The number of esters is 1. The molecule has 1 N–H and O–H groups in total. The van der Waals surface area contributed by atoms with Gasteiger partial charge in [0.15, 0.2) is 15.9 Å². The van der Waals surface area contributed by atoms with Gasteiger partial charge in [-0.05, 0) is 24.6 Å². The van der Waals surface area contributed by atoms with Gasteiger partial charge in [-0.3, -0.25) is 4.79 Å². The van der Waals surface area contributed by atoms with E-state index in [1.165, 1.54) is 26.1 Å². The standard InChI is InChI=1S/C13H17NO5S/c1-9(12(15)14-2)19-13(16)11-6-4-10(5-7-11)8-20(3,17)18/h4-7,9H,8H2,1-3H3,(H,14,15)/t9-/m1/s1. The first kappa shape index (κ1) is 16.2. The molecule has 0 saturated carbocycles. The number of likely N-dealkylation sites (N-methyl/N-ethyl adjacent to an activating group) is 1. The van der Waals surface area contributed by atoms with E-state index in [1.54, 1.807) is 12.1 Å². The highest BCUT2D eigenvalue weighted by molar-refractivity contribution is 7.89. The Balaban J connectivity index is 2.73. The fourth-order valence-electron chi connectivity index (χ4n) is 1.53. The fraction of sp³-hybridized carbons (Fsp3) is 0.385. The first-order valence-corrected chi connectivity index (χ1v) is 7.98. The van der Waals surface area contributed by atoms with Gasteiger partial charge in [0.2, 0.25) is 0 Å². The minimum Gasteiger partial charge on any atom is -0.449 e. The van der Waals surface area contributed by atoms with E-state index in [2.05, 4.69) is 5.32 Å². The number of ether oxygens (including phenoxy) is 1. The van der Waals surface area contributed by atoms with Crippen molar-refractivity contribution in [2.75, 3.05) is 13.3 Å². The van der Waals surface area contributed by atoms with Crippen molar-refractivity contribution < 1.29 is 22.7 Å². The van der Waals surface area contributed by atoms with Crippen LogP contribution in [0.25, 0.3) is 0 Å². The van der Waals surface area contributed by atoms with Crippen LogP contribution >= 0.6 is 0 Å². The van der Waals surface area contributed by atoms with Crippen molar-refractivity contribution in [1.29, 1.82) is 0 Å². The van der Waals surface area contributed by atoms with Gasteiger partial charge in [0, 0.05) is 13.3 Å². The van der Waals surface area contributed by atoms with E-state index in [4.69, 9.17) is 4.74 Å². The van der Waals surface area contributed by atoms with E-state index < -0.39 is 27.8 Å². The molecule has 1 aromatic carbocycles. The number of carbonyl (C=O) groups excluding carboxylic acids is 2. The zero-order valence-electron chi connectivity index (χ0n) is 11.5. The van der Waals surface area contributed by atoms with Crippen molar-refractivity contribution in [1.82, 2.24) is 5.32 Å². The lowest BCUT2D eigenvalue weighted by molar-refractivity contribution is -0.128. The summed E-state index contributed by atoms with van der Waals surface area (Å²) in [5.41, 5.74) is 0.849. The Labute approximate surface area is 118 Å². The minimum absolute atomic E-state index is 0.0863. The molecular formula is C13H17NO5S. The highest BCUT2D eigenvalue weighted by Crippen LogP contribution is 2.10. The zero-order valence-corrected chi connectivity index (χ0v) is 12.4. The summed E-state index contributed by atoms with van der Waals surface area (Å²) >= 11 is 0. The van der Waals surface area contributed by atoms with Gasteiger partial charge in [-0.25, -0.2) is 13.2 Å². The maximum atomic E-state index is 11.8. The van der Waals surface area contributed by atoms with Gasteiger partial charge < -0.3 is 10.1 Å². The topological polar surface area (TPSA) is 89.5 Å². The second kappa shape index (κ2) is 6.51. The second-order valence-electron chi connectivity index (χ2n) is 4.43. The molecule has 110 valence electrons. The molecule has 0 heterocycles.